The van der Waals surface area contributed by atoms with Gasteiger partial charge < -0.3 is 5.73 Å². The van der Waals surface area contributed by atoms with Gasteiger partial charge in [-0.1, -0.05) is 22.0 Å². The molecule has 0 aliphatic rings. The van der Waals surface area contributed by atoms with Gasteiger partial charge in [-0.25, -0.2) is 0 Å². The maximum atomic E-state index is 12.2. The number of aromatic nitrogens is 2. The molecule has 0 aliphatic carbocycles. The summed E-state index contributed by atoms with van der Waals surface area (Å²) in [4.78, 5) is 12.2. The molecule has 94 valence electrons. The highest BCUT2D eigenvalue weighted by molar-refractivity contribution is 9.10. The lowest BCUT2D eigenvalue weighted by atomic mass is 10.1. The fourth-order valence-electron chi connectivity index (χ4n) is 1.90. The van der Waals surface area contributed by atoms with Crippen LogP contribution in [0.15, 0.2) is 33.5 Å². The van der Waals surface area contributed by atoms with Crippen LogP contribution >= 0.6 is 15.9 Å². The Morgan fingerprint density at radius 3 is 2.72 bits per heavy atom. The summed E-state index contributed by atoms with van der Waals surface area (Å²) in [5.41, 5.74) is 8.52. The first-order chi connectivity index (χ1) is 8.54. The van der Waals surface area contributed by atoms with Crippen LogP contribution in [0.4, 0.5) is 0 Å². The molecule has 0 fully saturated rings. The van der Waals surface area contributed by atoms with Crippen molar-refractivity contribution in [3.05, 3.63) is 55.9 Å². The van der Waals surface area contributed by atoms with Crippen molar-refractivity contribution in [2.45, 2.75) is 20.4 Å². The second-order valence-corrected chi connectivity index (χ2v) is 5.01. The summed E-state index contributed by atoms with van der Waals surface area (Å²) in [6.07, 6.45) is 0. The minimum atomic E-state index is -0.126. The average Bonchev–Trinajstić information content (AvgIpc) is 2.34. The smallest absolute Gasteiger partial charge is 0.274 e. The van der Waals surface area contributed by atoms with Crippen LogP contribution < -0.4 is 11.3 Å². The maximum absolute atomic E-state index is 12.2. The van der Waals surface area contributed by atoms with Crippen LogP contribution in [0.2, 0.25) is 0 Å². The molecular weight excluding hydrogens is 294 g/mol. The first kappa shape index (κ1) is 13.0. The molecule has 1 heterocycles. The first-order valence-corrected chi connectivity index (χ1v) is 6.39. The van der Waals surface area contributed by atoms with Crippen molar-refractivity contribution in [1.82, 2.24) is 9.78 Å². The lowest BCUT2D eigenvalue weighted by Crippen LogP contribution is -2.27. The molecule has 2 N–H and O–H groups in total. The number of hydrogen-bond donors (Lipinski definition) is 1. The van der Waals surface area contributed by atoms with Crippen LogP contribution in [0.5, 0.6) is 0 Å². The fraction of sp³-hybridized carbons (Fsp3) is 0.231. The molecule has 0 radical (unpaired) electrons. The molecule has 0 bridgehead atoms. The number of nitrogens with two attached hydrogens (primary N) is 1. The number of benzene rings is 1. The SMILES string of the molecule is Cc1nn(-c2cccc(Br)c2)c(=O)c(C)c1CN. The Bertz CT molecular complexity index is 649. The third kappa shape index (κ3) is 2.23. The van der Waals surface area contributed by atoms with E-state index in [1.54, 1.807) is 6.92 Å². The molecule has 0 unspecified atom stereocenters. The van der Waals surface area contributed by atoms with Gasteiger partial charge in [-0.15, -0.1) is 0 Å². The molecular formula is C13H14BrN3O. The summed E-state index contributed by atoms with van der Waals surface area (Å²) >= 11 is 3.39. The predicted octanol–water partition coefficient (Wildman–Crippen LogP) is 2.07. The van der Waals surface area contributed by atoms with Crippen LogP contribution in [-0.4, -0.2) is 9.78 Å². The van der Waals surface area contributed by atoms with E-state index < -0.39 is 0 Å². The molecule has 2 aromatic rings. The molecule has 2 rings (SSSR count). The Morgan fingerprint density at radius 1 is 1.39 bits per heavy atom. The highest BCUT2D eigenvalue weighted by atomic mass is 79.9. The monoisotopic (exact) mass is 307 g/mol. The number of rotatable bonds is 2. The van der Waals surface area contributed by atoms with E-state index in [-0.39, 0.29) is 5.56 Å². The minimum Gasteiger partial charge on any atom is -0.326 e. The average molecular weight is 308 g/mol. The van der Waals surface area contributed by atoms with E-state index in [0.717, 1.165) is 21.4 Å². The van der Waals surface area contributed by atoms with Crippen LogP contribution in [0.3, 0.4) is 0 Å². The Labute approximate surface area is 114 Å². The van der Waals surface area contributed by atoms with Gasteiger partial charge >= 0.3 is 0 Å². The van der Waals surface area contributed by atoms with E-state index in [1.165, 1.54) is 4.68 Å². The van der Waals surface area contributed by atoms with Gasteiger partial charge in [-0.2, -0.15) is 9.78 Å². The van der Waals surface area contributed by atoms with Crippen molar-refractivity contribution in [1.29, 1.82) is 0 Å². The number of hydrogen-bond acceptors (Lipinski definition) is 3. The quantitative estimate of drug-likeness (QED) is 0.924. The zero-order chi connectivity index (χ0) is 13.3. The molecule has 0 aliphatic heterocycles. The molecule has 0 spiro atoms. The molecule has 4 nitrogen and oxygen atoms in total. The summed E-state index contributed by atoms with van der Waals surface area (Å²) in [6, 6.07) is 7.48. The molecule has 1 aromatic carbocycles. The zero-order valence-electron chi connectivity index (χ0n) is 10.3. The Morgan fingerprint density at radius 2 is 2.11 bits per heavy atom. The highest BCUT2D eigenvalue weighted by Gasteiger charge is 2.11. The third-order valence-electron chi connectivity index (χ3n) is 2.91. The summed E-state index contributed by atoms with van der Waals surface area (Å²) in [5, 5.41) is 4.32. The van der Waals surface area contributed by atoms with Crippen molar-refractivity contribution in [3.63, 3.8) is 0 Å². The second kappa shape index (κ2) is 5.04. The highest BCUT2D eigenvalue weighted by Crippen LogP contribution is 2.15. The van der Waals surface area contributed by atoms with Crippen molar-refractivity contribution in [3.8, 4) is 5.69 Å². The normalized spacial score (nSPS) is 10.7. The van der Waals surface area contributed by atoms with Gasteiger partial charge in [0, 0.05) is 16.6 Å². The molecule has 1 aromatic heterocycles. The van der Waals surface area contributed by atoms with E-state index in [1.807, 2.05) is 31.2 Å². The minimum absolute atomic E-state index is 0.126. The van der Waals surface area contributed by atoms with Gasteiger partial charge in [0.1, 0.15) is 0 Å². The van der Waals surface area contributed by atoms with E-state index >= 15 is 0 Å². The molecule has 0 atom stereocenters. The van der Waals surface area contributed by atoms with Crippen LogP contribution in [-0.2, 0) is 6.54 Å². The standard InChI is InChI=1S/C13H14BrN3O/c1-8-12(7-15)9(2)16-17(13(8)18)11-5-3-4-10(14)6-11/h3-6H,7,15H2,1-2H3. The molecule has 18 heavy (non-hydrogen) atoms. The summed E-state index contributed by atoms with van der Waals surface area (Å²) in [7, 11) is 0. The first-order valence-electron chi connectivity index (χ1n) is 5.60. The molecule has 0 amide bonds. The van der Waals surface area contributed by atoms with Crippen LogP contribution in [0.1, 0.15) is 16.8 Å². The van der Waals surface area contributed by atoms with E-state index in [2.05, 4.69) is 21.0 Å². The molecule has 0 saturated carbocycles. The van der Waals surface area contributed by atoms with Crippen LogP contribution in [0.25, 0.3) is 5.69 Å². The third-order valence-corrected chi connectivity index (χ3v) is 3.40. The largest absolute Gasteiger partial charge is 0.326 e. The Balaban J connectivity index is 2.70. The number of nitrogens with zero attached hydrogens (tertiary/aromatic N) is 2. The van der Waals surface area contributed by atoms with Gasteiger partial charge in [-0.3, -0.25) is 4.79 Å². The van der Waals surface area contributed by atoms with Crippen molar-refractivity contribution in [2.24, 2.45) is 5.73 Å². The summed E-state index contributed by atoms with van der Waals surface area (Å²) in [6.45, 7) is 3.98. The summed E-state index contributed by atoms with van der Waals surface area (Å²) < 4.78 is 2.32. The van der Waals surface area contributed by atoms with Crippen LogP contribution in [0, 0.1) is 13.8 Å². The van der Waals surface area contributed by atoms with E-state index in [0.29, 0.717) is 12.1 Å². The van der Waals surface area contributed by atoms with Gasteiger partial charge in [0.25, 0.3) is 5.56 Å². The van der Waals surface area contributed by atoms with Gasteiger partial charge in [-0.05, 0) is 37.6 Å². The van der Waals surface area contributed by atoms with Gasteiger partial charge in [0.05, 0.1) is 11.4 Å². The summed E-state index contributed by atoms with van der Waals surface area (Å²) in [5.74, 6) is 0. The number of aryl methyl sites for hydroxylation is 1. The maximum Gasteiger partial charge on any atom is 0.274 e. The lowest BCUT2D eigenvalue weighted by molar-refractivity contribution is 0.754. The predicted molar refractivity (Wildman–Crippen MR) is 74.9 cm³/mol. The Hall–Kier alpha value is -1.46. The molecule has 0 saturated heterocycles. The lowest BCUT2D eigenvalue weighted by Gasteiger charge is -2.11. The van der Waals surface area contributed by atoms with Crippen molar-refractivity contribution < 1.29 is 0 Å². The number of halogens is 1. The Kier molecular flexibility index (Phi) is 3.63. The topological polar surface area (TPSA) is 60.9 Å². The van der Waals surface area contributed by atoms with E-state index in [4.69, 9.17) is 5.73 Å². The van der Waals surface area contributed by atoms with Crippen molar-refractivity contribution in [2.75, 3.05) is 0 Å². The van der Waals surface area contributed by atoms with Crippen molar-refractivity contribution >= 4 is 15.9 Å². The van der Waals surface area contributed by atoms with E-state index in [9.17, 15) is 4.79 Å². The second-order valence-electron chi connectivity index (χ2n) is 4.09. The fourth-order valence-corrected chi connectivity index (χ4v) is 2.29. The zero-order valence-corrected chi connectivity index (χ0v) is 11.9. The van der Waals surface area contributed by atoms with Gasteiger partial charge in [0.2, 0.25) is 0 Å². The van der Waals surface area contributed by atoms with Gasteiger partial charge in [0.15, 0.2) is 0 Å². The molecule has 5 heteroatoms.